The second-order valence-electron chi connectivity index (χ2n) is 5.05. The predicted octanol–water partition coefficient (Wildman–Crippen LogP) is 2.17. The molecule has 1 aromatic carbocycles. The van der Waals surface area contributed by atoms with Crippen molar-refractivity contribution in [2.75, 3.05) is 26.9 Å². The molecule has 1 aliphatic heterocycles. The highest BCUT2D eigenvalue weighted by Gasteiger charge is 2.27. The minimum atomic E-state index is -0.531. The van der Waals surface area contributed by atoms with Crippen molar-refractivity contribution >= 4 is 17.5 Å². The number of benzene rings is 1. The van der Waals surface area contributed by atoms with Crippen LogP contribution < -0.4 is 10.1 Å². The molecule has 0 aromatic heterocycles. The number of hydrogen-bond acceptors (Lipinski definition) is 4. The molecular formula is C15H19ClFNO4. The van der Waals surface area contributed by atoms with Crippen LogP contribution in [-0.4, -0.2) is 45.0 Å². The fourth-order valence-corrected chi connectivity index (χ4v) is 2.48. The standard InChI is InChI=1S/C15H19ClFNO4/c1-20-8-13(14-3-2-6-21-14)18-15(19)9-22-10-4-5-12(17)11(16)7-10/h4-5,7,13-14H,2-3,6,8-9H2,1H3,(H,18,19). The van der Waals surface area contributed by atoms with Gasteiger partial charge in [0.25, 0.3) is 5.91 Å². The summed E-state index contributed by atoms with van der Waals surface area (Å²) in [7, 11) is 1.57. The second-order valence-corrected chi connectivity index (χ2v) is 5.45. The summed E-state index contributed by atoms with van der Waals surface area (Å²) in [5.41, 5.74) is 0. The number of nitrogens with one attached hydrogen (secondary N) is 1. The zero-order valence-corrected chi connectivity index (χ0v) is 13.1. The predicted molar refractivity (Wildman–Crippen MR) is 79.7 cm³/mol. The Labute approximate surface area is 133 Å². The van der Waals surface area contributed by atoms with Gasteiger partial charge in [0.05, 0.1) is 23.8 Å². The van der Waals surface area contributed by atoms with Gasteiger partial charge in [-0.25, -0.2) is 4.39 Å². The monoisotopic (exact) mass is 331 g/mol. The Balaban J connectivity index is 1.83. The third-order valence-corrected chi connectivity index (χ3v) is 3.66. The molecule has 1 saturated heterocycles. The van der Waals surface area contributed by atoms with Crippen LogP contribution in [0.25, 0.3) is 0 Å². The van der Waals surface area contributed by atoms with Crippen molar-refractivity contribution in [1.82, 2.24) is 5.32 Å². The molecule has 0 bridgehead atoms. The lowest BCUT2D eigenvalue weighted by molar-refractivity contribution is -0.125. The Bertz CT molecular complexity index is 508. The first-order chi connectivity index (χ1) is 10.6. The molecule has 2 unspecified atom stereocenters. The summed E-state index contributed by atoms with van der Waals surface area (Å²) in [6, 6.07) is 3.73. The lowest BCUT2D eigenvalue weighted by atomic mass is 10.1. The number of methoxy groups -OCH3 is 1. The van der Waals surface area contributed by atoms with E-state index >= 15 is 0 Å². The van der Waals surface area contributed by atoms with E-state index in [0.717, 1.165) is 12.8 Å². The third-order valence-electron chi connectivity index (χ3n) is 3.37. The van der Waals surface area contributed by atoms with Gasteiger partial charge in [0.15, 0.2) is 6.61 Å². The van der Waals surface area contributed by atoms with Crippen LogP contribution in [-0.2, 0) is 14.3 Å². The van der Waals surface area contributed by atoms with Crippen LogP contribution in [0.2, 0.25) is 5.02 Å². The van der Waals surface area contributed by atoms with Gasteiger partial charge in [0.1, 0.15) is 11.6 Å². The van der Waals surface area contributed by atoms with E-state index < -0.39 is 5.82 Å². The van der Waals surface area contributed by atoms with Gasteiger partial charge in [0.2, 0.25) is 0 Å². The van der Waals surface area contributed by atoms with Crippen molar-refractivity contribution in [1.29, 1.82) is 0 Å². The van der Waals surface area contributed by atoms with Crippen molar-refractivity contribution in [2.24, 2.45) is 0 Å². The van der Waals surface area contributed by atoms with Crippen molar-refractivity contribution in [3.8, 4) is 5.75 Å². The highest BCUT2D eigenvalue weighted by Crippen LogP contribution is 2.21. The minimum Gasteiger partial charge on any atom is -0.484 e. The number of carbonyl (C=O) groups is 1. The molecule has 1 aliphatic rings. The molecule has 0 saturated carbocycles. The van der Waals surface area contributed by atoms with Crippen molar-refractivity contribution in [2.45, 2.75) is 25.0 Å². The topological polar surface area (TPSA) is 56.8 Å². The molecule has 1 amide bonds. The number of rotatable bonds is 7. The first-order valence-corrected chi connectivity index (χ1v) is 7.45. The summed E-state index contributed by atoms with van der Waals surface area (Å²) >= 11 is 5.65. The summed E-state index contributed by atoms with van der Waals surface area (Å²) in [6.07, 6.45) is 1.83. The van der Waals surface area contributed by atoms with Gasteiger partial charge in [-0.2, -0.15) is 0 Å². The highest BCUT2D eigenvalue weighted by atomic mass is 35.5. The fourth-order valence-electron chi connectivity index (χ4n) is 2.31. The fraction of sp³-hybridized carbons (Fsp3) is 0.533. The van der Waals surface area contributed by atoms with Gasteiger partial charge in [-0.3, -0.25) is 4.79 Å². The molecule has 0 radical (unpaired) electrons. The first-order valence-electron chi connectivity index (χ1n) is 7.08. The van der Waals surface area contributed by atoms with E-state index in [1.165, 1.54) is 18.2 Å². The van der Waals surface area contributed by atoms with Crippen LogP contribution in [0.4, 0.5) is 4.39 Å². The van der Waals surface area contributed by atoms with Crippen LogP contribution >= 0.6 is 11.6 Å². The van der Waals surface area contributed by atoms with E-state index in [1.807, 2.05) is 0 Å². The molecule has 1 fully saturated rings. The third kappa shape index (κ3) is 4.83. The van der Waals surface area contributed by atoms with Crippen LogP contribution in [0.1, 0.15) is 12.8 Å². The smallest absolute Gasteiger partial charge is 0.258 e. The summed E-state index contributed by atoms with van der Waals surface area (Å²) < 4.78 is 29.0. The summed E-state index contributed by atoms with van der Waals surface area (Å²) in [5, 5.41) is 2.79. The Morgan fingerprint density at radius 3 is 3.05 bits per heavy atom. The quantitative estimate of drug-likeness (QED) is 0.832. The number of halogens is 2. The van der Waals surface area contributed by atoms with Crippen LogP contribution in [0.15, 0.2) is 18.2 Å². The Kier molecular flexibility index (Phi) is 6.42. The maximum absolute atomic E-state index is 13.0. The normalized spacial score (nSPS) is 19.0. The zero-order valence-electron chi connectivity index (χ0n) is 12.3. The Morgan fingerprint density at radius 2 is 2.41 bits per heavy atom. The lowest BCUT2D eigenvalue weighted by Crippen LogP contribution is -2.47. The number of amides is 1. The highest BCUT2D eigenvalue weighted by molar-refractivity contribution is 6.30. The van der Waals surface area contributed by atoms with Gasteiger partial charge < -0.3 is 19.5 Å². The van der Waals surface area contributed by atoms with Gasteiger partial charge in [0, 0.05) is 19.8 Å². The summed E-state index contributed by atoms with van der Waals surface area (Å²) in [5.74, 6) is -0.489. The van der Waals surface area contributed by atoms with E-state index in [-0.39, 0.29) is 29.7 Å². The largest absolute Gasteiger partial charge is 0.484 e. The molecule has 1 aromatic rings. The minimum absolute atomic E-state index is 0.0378. The molecule has 122 valence electrons. The average Bonchev–Trinajstić information content (AvgIpc) is 3.02. The number of hydrogen-bond donors (Lipinski definition) is 1. The van der Waals surface area contributed by atoms with Crippen LogP contribution in [0.3, 0.4) is 0 Å². The average molecular weight is 332 g/mol. The van der Waals surface area contributed by atoms with Crippen molar-refractivity contribution in [3.05, 3.63) is 29.0 Å². The molecule has 2 rings (SSSR count). The van der Waals surface area contributed by atoms with Gasteiger partial charge >= 0.3 is 0 Å². The molecule has 1 N–H and O–H groups in total. The lowest BCUT2D eigenvalue weighted by Gasteiger charge is -2.23. The molecule has 22 heavy (non-hydrogen) atoms. The molecule has 2 atom stereocenters. The Morgan fingerprint density at radius 1 is 1.59 bits per heavy atom. The number of carbonyl (C=O) groups excluding carboxylic acids is 1. The van der Waals surface area contributed by atoms with E-state index in [1.54, 1.807) is 7.11 Å². The van der Waals surface area contributed by atoms with Crippen LogP contribution in [0, 0.1) is 5.82 Å². The van der Waals surface area contributed by atoms with Crippen molar-refractivity contribution in [3.63, 3.8) is 0 Å². The summed E-state index contributed by atoms with van der Waals surface area (Å²) in [4.78, 5) is 12.0. The number of ether oxygens (including phenoxy) is 3. The van der Waals surface area contributed by atoms with Gasteiger partial charge in [-0.15, -0.1) is 0 Å². The molecule has 0 aliphatic carbocycles. The van der Waals surface area contributed by atoms with E-state index in [4.69, 9.17) is 25.8 Å². The maximum atomic E-state index is 13.0. The molecular weight excluding hydrogens is 313 g/mol. The van der Waals surface area contributed by atoms with Crippen LogP contribution in [0.5, 0.6) is 5.75 Å². The van der Waals surface area contributed by atoms with Gasteiger partial charge in [-0.05, 0) is 25.0 Å². The van der Waals surface area contributed by atoms with Gasteiger partial charge in [-0.1, -0.05) is 11.6 Å². The molecule has 5 nitrogen and oxygen atoms in total. The van der Waals surface area contributed by atoms with E-state index in [0.29, 0.717) is 19.0 Å². The van der Waals surface area contributed by atoms with E-state index in [9.17, 15) is 9.18 Å². The molecule has 7 heteroatoms. The Hall–Kier alpha value is -1.37. The second kappa shape index (κ2) is 8.31. The van der Waals surface area contributed by atoms with Crippen molar-refractivity contribution < 1.29 is 23.4 Å². The first kappa shape index (κ1) is 17.0. The molecule has 0 spiro atoms. The molecule has 1 heterocycles. The maximum Gasteiger partial charge on any atom is 0.258 e. The SMILES string of the molecule is COCC(NC(=O)COc1ccc(F)c(Cl)c1)C1CCCO1. The summed E-state index contributed by atoms with van der Waals surface area (Å²) in [6.45, 7) is 0.888. The zero-order chi connectivity index (χ0) is 15.9. The van der Waals surface area contributed by atoms with E-state index in [2.05, 4.69) is 5.32 Å².